The van der Waals surface area contributed by atoms with E-state index in [4.69, 9.17) is 5.11 Å². The highest BCUT2D eigenvalue weighted by molar-refractivity contribution is 7.86. The molecule has 116 valence electrons. The second kappa shape index (κ2) is 6.55. The van der Waals surface area contributed by atoms with Crippen molar-refractivity contribution in [1.82, 2.24) is 8.61 Å². The SMILES string of the molecule is CN(CCC(=O)O)S(=O)(=O)N1CCCC1c1ccccc1. The number of hydrogen-bond donors (Lipinski definition) is 1. The van der Waals surface area contributed by atoms with E-state index in [0.29, 0.717) is 6.54 Å². The van der Waals surface area contributed by atoms with E-state index in [0.717, 1.165) is 22.7 Å². The van der Waals surface area contributed by atoms with Gasteiger partial charge in [-0.25, -0.2) is 0 Å². The predicted octanol–water partition coefficient (Wildman–Crippen LogP) is 1.47. The van der Waals surface area contributed by atoms with Gasteiger partial charge >= 0.3 is 5.97 Å². The van der Waals surface area contributed by atoms with Crippen LogP contribution in [0, 0.1) is 0 Å². The van der Waals surface area contributed by atoms with E-state index < -0.39 is 16.2 Å². The summed E-state index contributed by atoms with van der Waals surface area (Å²) in [6.45, 7) is 0.453. The van der Waals surface area contributed by atoms with Crippen molar-refractivity contribution >= 4 is 16.2 Å². The predicted molar refractivity (Wildman–Crippen MR) is 78.9 cm³/mol. The monoisotopic (exact) mass is 312 g/mol. The molecule has 0 aliphatic carbocycles. The van der Waals surface area contributed by atoms with Crippen LogP contribution in [0.3, 0.4) is 0 Å². The average Bonchev–Trinajstić information content (AvgIpc) is 2.95. The van der Waals surface area contributed by atoms with Gasteiger partial charge in [-0.15, -0.1) is 0 Å². The van der Waals surface area contributed by atoms with Gasteiger partial charge in [0.15, 0.2) is 0 Å². The molecule has 1 unspecified atom stereocenters. The minimum Gasteiger partial charge on any atom is -0.481 e. The molecule has 1 fully saturated rings. The number of carboxylic acid groups (broad SMARTS) is 1. The van der Waals surface area contributed by atoms with Crippen molar-refractivity contribution in [2.75, 3.05) is 20.1 Å². The summed E-state index contributed by atoms with van der Waals surface area (Å²) in [7, 11) is -2.20. The molecule has 7 heteroatoms. The first-order valence-corrected chi connectivity index (χ1v) is 8.32. The van der Waals surface area contributed by atoms with Crippen molar-refractivity contribution in [2.45, 2.75) is 25.3 Å². The molecular weight excluding hydrogens is 292 g/mol. The van der Waals surface area contributed by atoms with Gasteiger partial charge in [-0.1, -0.05) is 30.3 Å². The van der Waals surface area contributed by atoms with Gasteiger partial charge in [0.1, 0.15) is 0 Å². The van der Waals surface area contributed by atoms with Crippen LogP contribution in [0.15, 0.2) is 30.3 Å². The number of rotatable bonds is 6. The summed E-state index contributed by atoms with van der Waals surface area (Å²) in [5, 5.41) is 8.69. The fourth-order valence-electron chi connectivity index (χ4n) is 2.57. The van der Waals surface area contributed by atoms with Crippen LogP contribution in [-0.2, 0) is 15.0 Å². The summed E-state index contributed by atoms with van der Waals surface area (Å²) in [6.07, 6.45) is 1.40. The third kappa shape index (κ3) is 3.61. The lowest BCUT2D eigenvalue weighted by Gasteiger charge is -2.28. The van der Waals surface area contributed by atoms with Crippen molar-refractivity contribution < 1.29 is 18.3 Å². The maximum absolute atomic E-state index is 12.6. The zero-order valence-electron chi connectivity index (χ0n) is 12.0. The maximum atomic E-state index is 12.6. The topological polar surface area (TPSA) is 77.9 Å². The molecule has 1 aliphatic heterocycles. The molecule has 1 atom stereocenters. The van der Waals surface area contributed by atoms with Crippen LogP contribution in [0.4, 0.5) is 0 Å². The minimum absolute atomic E-state index is 0.0182. The molecule has 0 spiro atoms. The van der Waals surface area contributed by atoms with E-state index in [9.17, 15) is 13.2 Å². The fourth-order valence-corrected chi connectivity index (χ4v) is 4.16. The molecule has 0 bridgehead atoms. The molecular formula is C14H20N2O4S. The van der Waals surface area contributed by atoms with Crippen molar-refractivity contribution in [1.29, 1.82) is 0 Å². The van der Waals surface area contributed by atoms with Crippen molar-refractivity contribution in [2.24, 2.45) is 0 Å². The molecule has 0 saturated carbocycles. The molecule has 6 nitrogen and oxygen atoms in total. The standard InChI is InChI=1S/C14H20N2O4S/c1-15(11-9-14(17)18)21(19,20)16-10-5-8-13(16)12-6-3-2-4-7-12/h2-4,6-7,13H,5,8-11H2,1H3,(H,17,18). The number of hydrogen-bond acceptors (Lipinski definition) is 3. The first-order valence-electron chi connectivity index (χ1n) is 6.93. The smallest absolute Gasteiger partial charge is 0.304 e. The van der Waals surface area contributed by atoms with Gasteiger partial charge in [-0.05, 0) is 18.4 Å². The maximum Gasteiger partial charge on any atom is 0.304 e. The van der Waals surface area contributed by atoms with E-state index in [1.807, 2.05) is 30.3 Å². The van der Waals surface area contributed by atoms with Gasteiger partial charge < -0.3 is 5.11 Å². The summed E-state index contributed by atoms with van der Waals surface area (Å²) in [5.74, 6) is -1.00. The van der Waals surface area contributed by atoms with Gasteiger partial charge in [-0.3, -0.25) is 4.79 Å². The molecule has 0 aromatic heterocycles. The van der Waals surface area contributed by atoms with Crippen LogP contribution in [0.25, 0.3) is 0 Å². The number of carbonyl (C=O) groups is 1. The Morgan fingerprint density at radius 1 is 1.38 bits per heavy atom. The minimum atomic E-state index is -3.63. The lowest BCUT2D eigenvalue weighted by Crippen LogP contribution is -2.42. The highest BCUT2D eigenvalue weighted by atomic mass is 32.2. The van der Waals surface area contributed by atoms with Crippen LogP contribution < -0.4 is 0 Å². The highest BCUT2D eigenvalue weighted by Gasteiger charge is 2.37. The van der Waals surface area contributed by atoms with E-state index in [1.165, 1.54) is 11.4 Å². The second-order valence-electron chi connectivity index (χ2n) is 5.15. The van der Waals surface area contributed by atoms with Gasteiger partial charge in [0, 0.05) is 20.1 Å². The molecule has 1 aromatic carbocycles. The Balaban J connectivity index is 2.16. The molecule has 21 heavy (non-hydrogen) atoms. The summed E-state index contributed by atoms with van der Waals surface area (Å²) in [5.41, 5.74) is 0.977. The Hall–Kier alpha value is -1.44. The Morgan fingerprint density at radius 2 is 2.05 bits per heavy atom. The third-order valence-corrected chi connectivity index (χ3v) is 5.72. The third-order valence-electron chi connectivity index (χ3n) is 3.72. The number of carboxylic acids is 1. The van der Waals surface area contributed by atoms with Crippen molar-refractivity contribution in [3.8, 4) is 0 Å². The van der Waals surface area contributed by atoms with Gasteiger partial charge in [0.2, 0.25) is 0 Å². The fraction of sp³-hybridized carbons (Fsp3) is 0.500. The summed E-state index contributed by atoms with van der Waals surface area (Å²) < 4.78 is 27.8. The number of aliphatic carboxylic acids is 1. The Bertz CT molecular complexity index is 588. The zero-order chi connectivity index (χ0) is 15.5. The quantitative estimate of drug-likeness (QED) is 0.863. The largest absolute Gasteiger partial charge is 0.481 e. The summed E-state index contributed by atoms with van der Waals surface area (Å²) >= 11 is 0. The van der Waals surface area contributed by atoms with Gasteiger partial charge in [-0.2, -0.15) is 17.0 Å². The Kier molecular flexibility index (Phi) is 4.97. The first kappa shape index (κ1) is 15.9. The Labute approximate surface area is 125 Å². The molecule has 0 amide bonds. The van der Waals surface area contributed by atoms with Gasteiger partial charge in [0.05, 0.1) is 12.5 Å². The zero-order valence-corrected chi connectivity index (χ0v) is 12.8. The molecule has 1 heterocycles. The Morgan fingerprint density at radius 3 is 2.67 bits per heavy atom. The normalized spacial score (nSPS) is 20.0. The lowest BCUT2D eigenvalue weighted by atomic mass is 10.1. The van der Waals surface area contributed by atoms with E-state index >= 15 is 0 Å². The van der Waals surface area contributed by atoms with E-state index in [2.05, 4.69) is 0 Å². The number of nitrogens with zero attached hydrogens (tertiary/aromatic N) is 2. The number of benzene rings is 1. The lowest BCUT2D eigenvalue weighted by molar-refractivity contribution is -0.137. The summed E-state index contributed by atoms with van der Waals surface area (Å²) in [4.78, 5) is 10.6. The van der Waals surface area contributed by atoms with Crippen LogP contribution in [0.2, 0.25) is 0 Å². The average molecular weight is 312 g/mol. The summed E-state index contributed by atoms with van der Waals surface area (Å²) in [6, 6.07) is 9.38. The molecule has 1 aliphatic rings. The van der Waals surface area contributed by atoms with Crippen molar-refractivity contribution in [3.63, 3.8) is 0 Å². The first-order chi connectivity index (χ1) is 9.93. The molecule has 1 aromatic rings. The van der Waals surface area contributed by atoms with Gasteiger partial charge in [0.25, 0.3) is 10.2 Å². The molecule has 2 rings (SSSR count). The van der Waals surface area contributed by atoms with Crippen molar-refractivity contribution in [3.05, 3.63) is 35.9 Å². The molecule has 1 N–H and O–H groups in total. The second-order valence-corrected chi connectivity index (χ2v) is 7.14. The highest BCUT2D eigenvalue weighted by Crippen LogP contribution is 2.34. The van der Waals surface area contributed by atoms with Crippen LogP contribution in [0.1, 0.15) is 30.9 Å². The van der Waals surface area contributed by atoms with Crippen LogP contribution >= 0.6 is 0 Å². The van der Waals surface area contributed by atoms with Crippen LogP contribution in [-0.4, -0.2) is 48.2 Å². The van der Waals surface area contributed by atoms with E-state index in [1.54, 1.807) is 0 Å². The van der Waals surface area contributed by atoms with E-state index in [-0.39, 0.29) is 19.0 Å². The molecule has 1 saturated heterocycles. The van der Waals surface area contributed by atoms with Crippen LogP contribution in [0.5, 0.6) is 0 Å². The molecule has 0 radical (unpaired) electrons.